The van der Waals surface area contributed by atoms with Crippen LogP contribution in [0.2, 0.25) is 0 Å². The number of carbonyl (C=O) groups excluding carboxylic acids is 2. The van der Waals surface area contributed by atoms with E-state index in [1.54, 1.807) is 31.4 Å². The van der Waals surface area contributed by atoms with Crippen LogP contribution in [0, 0.1) is 5.92 Å². The number of Topliss-reactive ketones (excluding diaryl/α,β-unsaturated/α-hetero) is 2. The predicted molar refractivity (Wildman–Crippen MR) is 67.6 cm³/mol. The third kappa shape index (κ3) is 1.85. The third-order valence-corrected chi connectivity index (χ3v) is 3.40. The molecule has 0 bridgehead atoms. The first kappa shape index (κ1) is 11.7. The number of rotatable bonds is 3. The number of hydrogen-bond acceptors (Lipinski definition) is 4. The van der Waals surface area contributed by atoms with Crippen molar-refractivity contribution < 1.29 is 18.7 Å². The van der Waals surface area contributed by atoms with Gasteiger partial charge < -0.3 is 9.15 Å². The van der Waals surface area contributed by atoms with Crippen LogP contribution in [0.1, 0.15) is 26.5 Å². The van der Waals surface area contributed by atoms with Crippen LogP contribution in [-0.4, -0.2) is 18.7 Å². The van der Waals surface area contributed by atoms with Crippen molar-refractivity contribution in [1.82, 2.24) is 0 Å². The van der Waals surface area contributed by atoms with Crippen molar-refractivity contribution in [2.45, 2.75) is 6.42 Å². The summed E-state index contributed by atoms with van der Waals surface area (Å²) in [4.78, 5) is 24.5. The van der Waals surface area contributed by atoms with Crippen molar-refractivity contribution in [3.8, 4) is 5.75 Å². The lowest BCUT2D eigenvalue weighted by Gasteiger charge is -2.03. The molecule has 0 spiro atoms. The molecule has 2 aromatic rings. The van der Waals surface area contributed by atoms with Crippen LogP contribution in [0.25, 0.3) is 0 Å². The highest BCUT2D eigenvalue weighted by atomic mass is 16.5. The largest absolute Gasteiger partial charge is 0.497 e. The van der Waals surface area contributed by atoms with E-state index in [9.17, 15) is 9.59 Å². The fraction of sp³-hybridized carbons (Fsp3) is 0.200. The molecule has 96 valence electrons. The van der Waals surface area contributed by atoms with E-state index in [1.807, 2.05) is 6.07 Å². The van der Waals surface area contributed by atoms with Crippen LogP contribution in [0.5, 0.6) is 5.75 Å². The van der Waals surface area contributed by atoms with Gasteiger partial charge in [-0.05, 0) is 36.2 Å². The second kappa shape index (κ2) is 4.39. The van der Waals surface area contributed by atoms with Crippen LogP contribution >= 0.6 is 0 Å². The zero-order chi connectivity index (χ0) is 13.4. The van der Waals surface area contributed by atoms with Gasteiger partial charge in [-0.3, -0.25) is 9.59 Å². The lowest BCUT2D eigenvalue weighted by atomic mass is 9.98. The maximum absolute atomic E-state index is 12.3. The van der Waals surface area contributed by atoms with Gasteiger partial charge in [-0.1, -0.05) is 6.07 Å². The minimum Gasteiger partial charge on any atom is -0.497 e. The number of fused-ring (bicyclic) bond motifs is 1. The Labute approximate surface area is 110 Å². The molecule has 1 heterocycles. The summed E-state index contributed by atoms with van der Waals surface area (Å²) in [5.41, 5.74) is 1.46. The Balaban J connectivity index is 1.93. The lowest BCUT2D eigenvalue weighted by Crippen LogP contribution is -2.20. The third-order valence-electron chi connectivity index (χ3n) is 3.40. The molecule has 1 aromatic heterocycles. The van der Waals surface area contributed by atoms with E-state index in [1.165, 1.54) is 6.26 Å². The van der Waals surface area contributed by atoms with E-state index < -0.39 is 5.92 Å². The summed E-state index contributed by atoms with van der Waals surface area (Å²) in [6, 6.07) is 8.54. The average Bonchev–Trinajstić information content (AvgIpc) is 3.06. The number of methoxy groups -OCH3 is 1. The Morgan fingerprint density at radius 2 is 2.21 bits per heavy atom. The lowest BCUT2D eigenvalue weighted by molar-refractivity contribution is 0.0804. The fourth-order valence-corrected chi connectivity index (χ4v) is 2.39. The Morgan fingerprint density at radius 3 is 2.89 bits per heavy atom. The van der Waals surface area contributed by atoms with Crippen molar-refractivity contribution in [2.24, 2.45) is 5.92 Å². The van der Waals surface area contributed by atoms with E-state index >= 15 is 0 Å². The van der Waals surface area contributed by atoms with Gasteiger partial charge in [-0.25, -0.2) is 0 Å². The van der Waals surface area contributed by atoms with E-state index in [2.05, 4.69) is 0 Å². The molecule has 19 heavy (non-hydrogen) atoms. The summed E-state index contributed by atoms with van der Waals surface area (Å²) >= 11 is 0. The van der Waals surface area contributed by atoms with Gasteiger partial charge in [0.2, 0.25) is 5.78 Å². The number of benzene rings is 1. The molecule has 0 saturated carbocycles. The minimum atomic E-state index is -0.673. The molecule has 1 unspecified atom stereocenters. The van der Waals surface area contributed by atoms with Gasteiger partial charge in [0, 0.05) is 5.56 Å². The van der Waals surface area contributed by atoms with Crippen LogP contribution in [0.3, 0.4) is 0 Å². The Morgan fingerprint density at radius 1 is 1.37 bits per heavy atom. The highest BCUT2D eigenvalue weighted by Gasteiger charge is 2.37. The van der Waals surface area contributed by atoms with Gasteiger partial charge in [-0.2, -0.15) is 0 Å². The van der Waals surface area contributed by atoms with Crippen molar-refractivity contribution >= 4 is 11.6 Å². The highest BCUT2D eigenvalue weighted by molar-refractivity contribution is 6.18. The molecule has 0 aliphatic heterocycles. The smallest absolute Gasteiger partial charge is 0.209 e. The van der Waals surface area contributed by atoms with Gasteiger partial charge in [-0.15, -0.1) is 0 Å². The summed E-state index contributed by atoms with van der Waals surface area (Å²) in [5, 5.41) is 0. The monoisotopic (exact) mass is 256 g/mol. The predicted octanol–water partition coefficient (Wildman–Crippen LogP) is 2.53. The van der Waals surface area contributed by atoms with Crippen LogP contribution in [0.15, 0.2) is 41.0 Å². The molecule has 1 aliphatic rings. The second-order valence-corrected chi connectivity index (χ2v) is 4.49. The van der Waals surface area contributed by atoms with Gasteiger partial charge in [0.15, 0.2) is 11.5 Å². The Hall–Kier alpha value is -2.36. The normalized spacial score (nSPS) is 17.3. The number of ether oxygens (including phenoxy) is 1. The van der Waals surface area contributed by atoms with Gasteiger partial charge in [0.25, 0.3) is 0 Å². The van der Waals surface area contributed by atoms with Crippen molar-refractivity contribution in [3.05, 3.63) is 53.5 Å². The second-order valence-electron chi connectivity index (χ2n) is 4.49. The number of furan rings is 1. The van der Waals surface area contributed by atoms with Crippen LogP contribution < -0.4 is 4.74 Å². The topological polar surface area (TPSA) is 56.5 Å². The summed E-state index contributed by atoms with van der Waals surface area (Å²) < 4.78 is 10.2. The molecule has 0 N–H and O–H groups in total. The molecule has 0 saturated heterocycles. The summed E-state index contributed by atoms with van der Waals surface area (Å²) in [5.74, 6) is -0.231. The molecular weight excluding hydrogens is 244 g/mol. The van der Waals surface area contributed by atoms with E-state index in [0.29, 0.717) is 17.7 Å². The van der Waals surface area contributed by atoms with Crippen LogP contribution in [-0.2, 0) is 6.42 Å². The minimum absolute atomic E-state index is 0.157. The maximum atomic E-state index is 12.3. The first-order valence-electron chi connectivity index (χ1n) is 5.99. The van der Waals surface area contributed by atoms with E-state index in [0.717, 1.165) is 5.56 Å². The zero-order valence-corrected chi connectivity index (χ0v) is 10.4. The van der Waals surface area contributed by atoms with E-state index in [-0.39, 0.29) is 17.3 Å². The molecule has 3 rings (SSSR count). The maximum Gasteiger partial charge on any atom is 0.209 e. The Kier molecular flexibility index (Phi) is 2.71. The molecule has 1 atom stereocenters. The average molecular weight is 256 g/mol. The Bertz CT molecular complexity index is 640. The molecule has 4 heteroatoms. The summed E-state index contributed by atoms with van der Waals surface area (Å²) in [7, 11) is 1.55. The fourth-order valence-electron chi connectivity index (χ4n) is 2.39. The summed E-state index contributed by atoms with van der Waals surface area (Å²) in [6.07, 6.45) is 1.86. The molecule has 0 amide bonds. The molecule has 0 fully saturated rings. The quantitative estimate of drug-likeness (QED) is 0.625. The molecular formula is C15H12O4. The first-order chi connectivity index (χ1) is 9.20. The number of ketones is 2. The number of hydrogen-bond donors (Lipinski definition) is 0. The number of carbonyl (C=O) groups is 2. The molecule has 1 aliphatic carbocycles. The van der Waals surface area contributed by atoms with E-state index in [4.69, 9.17) is 9.15 Å². The van der Waals surface area contributed by atoms with Crippen molar-refractivity contribution in [1.29, 1.82) is 0 Å². The zero-order valence-electron chi connectivity index (χ0n) is 10.4. The SMILES string of the molecule is COc1ccc2c(c1)C(=O)C(C(=O)c1ccco1)C2. The van der Waals surface area contributed by atoms with Gasteiger partial charge >= 0.3 is 0 Å². The van der Waals surface area contributed by atoms with Crippen molar-refractivity contribution in [3.63, 3.8) is 0 Å². The standard InChI is InChI=1S/C15H12O4/c1-18-10-5-4-9-7-12(14(16)11(9)8-10)15(17)13-3-2-6-19-13/h2-6,8,12H,7H2,1H3. The van der Waals surface area contributed by atoms with Gasteiger partial charge in [0.05, 0.1) is 19.3 Å². The van der Waals surface area contributed by atoms with Crippen LogP contribution in [0.4, 0.5) is 0 Å². The highest BCUT2D eigenvalue weighted by Crippen LogP contribution is 2.31. The van der Waals surface area contributed by atoms with Crippen molar-refractivity contribution in [2.75, 3.05) is 7.11 Å². The molecule has 1 aromatic carbocycles. The summed E-state index contributed by atoms with van der Waals surface area (Å²) in [6.45, 7) is 0. The first-order valence-corrected chi connectivity index (χ1v) is 5.99. The molecule has 0 radical (unpaired) electrons. The van der Waals surface area contributed by atoms with Gasteiger partial charge in [0.1, 0.15) is 5.75 Å². The molecule has 4 nitrogen and oxygen atoms in total.